The fourth-order valence-corrected chi connectivity index (χ4v) is 2.77. The third-order valence-corrected chi connectivity index (χ3v) is 4.13. The monoisotopic (exact) mass is 312 g/mol. The van der Waals surface area contributed by atoms with E-state index < -0.39 is 21.9 Å². The van der Waals surface area contributed by atoms with Gasteiger partial charge in [0.25, 0.3) is 0 Å². The number of carboxylic acid groups (broad SMARTS) is 1. The second-order valence-corrected chi connectivity index (χ2v) is 6.19. The van der Waals surface area contributed by atoms with Crippen LogP contribution in [0.25, 0.3) is 0 Å². The molecule has 0 aliphatic rings. The van der Waals surface area contributed by atoms with Gasteiger partial charge in [0, 0.05) is 12.1 Å². The Hall–Kier alpha value is -2.11. The van der Waals surface area contributed by atoms with Crippen molar-refractivity contribution < 1.29 is 23.1 Å². The van der Waals surface area contributed by atoms with Crippen LogP contribution in [0, 0.1) is 17.2 Å². The smallest absolute Gasteiger partial charge is 0.307 e. The molecule has 8 heteroatoms. The van der Waals surface area contributed by atoms with Crippen LogP contribution in [0.5, 0.6) is 5.75 Å². The highest BCUT2D eigenvalue weighted by Gasteiger charge is 2.18. The van der Waals surface area contributed by atoms with Crippen molar-refractivity contribution in [1.82, 2.24) is 4.72 Å². The quantitative estimate of drug-likeness (QED) is 0.767. The van der Waals surface area contributed by atoms with Crippen LogP contribution >= 0.6 is 0 Å². The number of nitrogens with one attached hydrogen (secondary N) is 1. The number of rotatable bonds is 7. The highest BCUT2D eigenvalue weighted by molar-refractivity contribution is 7.89. The summed E-state index contributed by atoms with van der Waals surface area (Å²) in [6.07, 6.45) is -0.346. The maximum atomic E-state index is 12.1. The van der Waals surface area contributed by atoms with Gasteiger partial charge in [-0.05, 0) is 25.1 Å². The minimum atomic E-state index is -3.80. The number of benzene rings is 1. The lowest BCUT2D eigenvalue weighted by atomic mass is 10.1. The number of nitrogens with zero attached hydrogens (tertiary/aromatic N) is 1. The van der Waals surface area contributed by atoms with Crippen molar-refractivity contribution in [3.63, 3.8) is 0 Å². The number of aliphatic carboxylic acids is 1. The largest absolute Gasteiger partial charge is 0.496 e. The molecule has 0 saturated heterocycles. The molecule has 0 aliphatic heterocycles. The standard InChI is InChI=1S/C13H16N2O5S/c1-9(7-14)8-15-21(18,19)11-3-4-12(20-2)10(5-11)6-13(16)17/h3-5,9,15H,6,8H2,1-2H3,(H,16,17). The van der Waals surface area contributed by atoms with Gasteiger partial charge in [-0.15, -0.1) is 0 Å². The zero-order valence-corrected chi connectivity index (χ0v) is 12.5. The zero-order chi connectivity index (χ0) is 16.0. The summed E-state index contributed by atoms with van der Waals surface area (Å²) in [7, 11) is -2.42. The minimum absolute atomic E-state index is 0.0148. The summed E-state index contributed by atoms with van der Waals surface area (Å²) >= 11 is 0. The lowest BCUT2D eigenvalue weighted by Gasteiger charge is -2.11. The number of carbonyl (C=O) groups is 1. The molecule has 0 spiro atoms. The van der Waals surface area contributed by atoms with E-state index in [9.17, 15) is 13.2 Å². The van der Waals surface area contributed by atoms with Crippen molar-refractivity contribution in [3.05, 3.63) is 23.8 Å². The second-order valence-electron chi connectivity index (χ2n) is 4.43. The Morgan fingerprint density at radius 2 is 2.19 bits per heavy atom. The fourth-order valence-electron chi connectivity index (χ4n) is 1.59. The molecule has 114 valence electrons. The Kier molecular flexibility index (Phi) is 5.69. The Morgan fingerprint density at radius 1 is 1.52 bits per heavy atom. The number of nitriles is 1. The van der Waals surface area contributed by atoms with Gasteiger partial charge in [0.05, 0.1) is 30.4 Å². The van der Waals surface area contributed by atoms with Gasteiger partial charge in [-0.3, -0.25) is 4.79 Å². The molecule has 1 atom stereocenters. The first-order valence-electron chi connectivity index (χ1n) is 6.08. The van der Waals surface area contributed by atoms with Gasteiger partial charge in [0.2, 0.25) is 10.0 Å². The molecule has 0 fully saturated rings. The van der Waals surface area contributed by atoms with Crippen LogP contribution in [0.15, 0.2) is 23.1 Å². The average Bonchev–Trinajstić information content (AvgIpc) is 2.44. The topological polar surface area (TPSA) is 116 Å². The molecule has 0 amide bonds. The summed E-state index contributed by atoms with van der Waals surface area (Å²) in [6.45, 7) is 1.57. The Balaban J connectivity index is 3.07. The zero-order valence-electron chi connectivity index (χ0n) is 11.7. The van der Waals surface area contributed by atoms with E-state index in [0.29, 0.717) is 5.75 Å². The number of methoxy groups -OCH3 is 1. The van der Waals surface area contributed by atoms with Gasteiger partial charge in [0.15, 0.2) is 0 Å². The van der Waals surface area contributed by atoms with Crippen LogP contribution in [0.2, 0.25) is 0 Å². The lowest BCUT2D eigenvalue weighted by molar-refractivity contribution is -0.136. The first-order chi connectivity index (χ1) is 9.80. The van der Waals surface area contributed by atoms with Crippen molar-refractivity contribution in [2.24, 2.45) is 5.92 Å². The first-order valence-corrected chi connectivity index (χ1v) is 7.56. The summed E-state index contributed by atoms with van der Waals surface area (Å²) in [5.74, 6) is -1.24. The Morgan fingerprint density at radius 3 is 2.71 bits per heavy atom. The Bertz CT molecular complexity index is 664. The van der Waals surface area contributed by atoms with E-state index in [-0.39, 0.29) is 23.4 Å². The van der Waals surface area contributed by atoms with Crippen LogP contribution < -0.4 is 9.46 Å². The molecule has 1 aromatic rings. The van der Waals surface area contributed by atoms with Gasteiger partial charge in [0.1, 0.15) is 5.75 Å². The van der Waals surface area contributed by atoms with Gasteiger partial charge < -0.3 is 9.84 Å². The summed E-state index contributed by atoms with van der Waals surface area (Å²) in [5.41, 5.74) is 0.265. The van der Waals surface area contributed by atoms with Crippen molar-refractivity contribution >= 4 is 16.0 Å². The van der Waals surface area contributed by atoms with E-state index in [1.165, 1.54) is 25.3 Å². The normalized spacial score (nSPS) is 12.4. The van der Waals surface area contributed by atoms with E-state index in [1.54, 1.807) is 6.92 Å². The van der Waals surface area contributed by atoms with E-state index in [2.05, 4.69) is 4.72 Å². The van der Waals surface area contributed by atoms with E-state index in [0.717, 1.165) is 0 Å². The third kappa shape index (κ3) is 4.73. The van der Waals surface area contributed by atoms with Crippen LogP contribution in [0.1, 0.15) is 12.5 Å². The average molecular weight is 312 g/mol. The van der Waals surface area contributed by atoms with Crippen molar-refractivity contribution in [3.8, 4) is 11.8 Å². The van der Waals surface area contributed by atoms with Crippen molar-refractivity contribution in [1.29, 1.82) is 5.26 Å². The van der Waals surface area contributed by atoms with Gasteiger partial charge >= 0.3 is 5.97 Å². The minimum Gasteiger partial charge on any atom is -0.496 e. The number of carboxylic acids is 1. The first kappa shape index (κ1) is 16.9. The third-order valence-electron chi connectivity index (χ3n) is 2.70. The number of sulfonamides is 1. The van der Waals surface area contributed by atoms with Gasteiger partial charge in [-0.1, -0.05) is 0 Å². The molecule has 0 aliphatic carbocycles. The molecule has 1 rings (SSSR count). The molecular formula is C13H16N2O5S. The SMILES string of the molecule is COc1ccc(S(=O)(=O)NCC(C)C#N)cc1CC(=O)O. The van der Waals surface area contributed by atoms with Crippen LogP contribution in [0.4, 0.5) is 0 Å². The molecule has 1 aromatic carbocycles. The molecule has 0 heterocycles. The van der Waals surface area contributed by atoms with Crippen molar-refractivity contribution in [2.75, 3.05) is 13.7 Å². The highest BCUT2D eigenvalue weighted by atomic mass is 32.2. The predicted molar refractivity (Wildman–Crippen MR) is 74.3 cm³/mol. The second kappa shape index (κ2) is 7.06. The molecular weight excluding hydrogens is 296 g/mol. The highest BCUT2D eigenvalue weighted by Crippen LogP contribution is 2.23. The molecule has 0 radical (unpaired) electrons. The predicted octanol–water partition coefficient (Wildman–Crippen LogP) is 0.760. The summed E-state index contributed by atoms with van der Waals surface area (Å²) < 4.78 is 31.5. The molecule has 0 saturated carbocycles. The molecule has 21 heavy (non-hydrogen) atoms. The maximum absolute atomic E-state index is 12.1. The maximum Gasteiger partial charge on any atom is 0.307 e. The van der Waals surface area contributed by atoms with Crippen molar-refractivity contribution in [2.45, 2.75) is 18.2 Å². The van der Waals surface area contributed by atoms with Gasteiger partial charge in [-0.2, -0.15) is 5.26 Å². The molecule has 2 N–H and O–H groups in total. The molecule has 1 unspecified atom stereocenters. The van der Waals surface area contributed by atoms with Gasteiger partial charge in [-0.25, -0.2) is 13.1 Å². The number of hydrogen-bond donors (Lipinski definition) is 2. The summed E-state index contributed by atoms with van der Waals surface area (Å²) in [4.78, 5) is 10.7. The molecule has 0 bridgehead atoms. The van der Waals surface area contributed by atoms with E-state index in [1.807, 2.05) is 6.07 Å². The van der Waals surface area contributed by atoms with E-state index >= 15 is 0 Å². The van der Waals surface area contributed by atoms with Crippen LogP contribution in [-0.2, 0) is 21.2 Å². The van der Waals surface area contributed by atoms with Crippen LogP contribution in [-0.4, -0.2) is 33.1 Å². The summed E-state index contributed by atoms with van der Waals surface area (Å²) in [5, 5.41) is 17.5. The Labute approximate surface area is 123 Å². The van der Waals surface area contributed by atoms with Crippen LogP contribution in [0.3, 0.4) is 0 Å². The fraction of sp³-hybridized carbons (Fsp3) is 0.385. The van der Waals surface area contributed by atoms with E-state index in [4.69, 9.17) is 15.1 Å². The summed E-state index contributed by atoms with van der Waals surface area (Å²) in [6, 6.07) is 5.90. The lowest BCUT2D eigenvalue weighted by Crippen LogP contribution is -2.28. The molecule has 7 nitrogen and oxygen atoms in total. The number of hydrogen-bond acceptors (Lipinski definition) is 5. The number of ether oxygens (including phenoxy) is 1. The molecule has 0 aromatic heterocycles.